The van der Waals surface area contributed by atoms with E-state index in [-0.39, 0.29) is 0 Å². The predicted molar refractivity (Wildman–Crippen MR) is 101 cm³/mol. The Kier molecular flexibility index (Phi) is 5.16. The van der Waals surface area contributed by atoms with Crippen LogP contribution in [0.25, 0.3) is 11.4 Å². The third kappa shape index (κ3) is 3.44. The van der Waals surface area contributed by atoms with Crippen molar-refractivity contribution in [2.24, 2.45) is 0 Å². The number of hydrogen-bond acceptors (Lipinski definition) is 3. The van der Waals surface area contributed by atoms with E-state index in [0.717, 1.165) is 22.3 Å². The molecule has 122 valence electrons. The molecule has 0 fully saturated rings. The third-order valence-corrected chi connectivity index (χ3v) is 5.05. The molecule has 3 rings (SSSR count). The van der Waals surface area contributed by atoms with Crippen molar-refractivity contribution in [1.82, 2.24) is 14.8 Å². The van der Waals surface area contributed by atoms with Gasteiger partial charge in [0.25, 0.3) is 0 Å². The molecule has 2 aromatic carbocycles. The van der Waals surface area contributed by atoms with Crippen LogP contribution in [0.15, 0.2) is 66.3 Å². The third-order valence-electron chi connectivity index (χ3n) is 4.03. The Morgan fingerprint density at radius 1 is 1.00 bits per heavy atom. The fourth-order valence-corrected chi connectivity index (χ4v) is 3.65. The fourth-order valence-electron chi connectivity index (χ4n) is 2.63. The number of hydrogen-bond donors (Lipinski definition) is 0. The molecule has 3 nitrogen and oxygen atoms in total. The molecule has 4 heteroatoms. The summed E-state index contributed by atoms with van der Waals surface area (Å²) in [7, 11) is 0. The van der Waals surface area contributed by atoms with Gasteiger partial charge in [0, 0.05) is 17.9 Å². The van der Waals surface area contributed by atoms with Gasteiger partial charge in [-0.1, -0.05) is 66.4 Å². The zero-order valence-corrected chi connectivity index (χ0v) is 14.9. The minimum atomic E-state index is 0.701. The molecule has 0 aliphatic carbocycles. The van der Waals surface area contributed by atoms with Crippen LogP contribution in [0.5, 0.6) is 0 Å². The molecule has 0 aliphatic rings. The van der Waals surface area contributed by atoms with Crippen molar-refractivity contribution < 1.29 is 0 Å². The number of benzene rings is 2. The van der Waals surface area contributed by atoms with Gasteiger partial charge in [0.15, 0.2) is 11.0 Å². The molecular formula is C20H21N3S. The maximum Gasteiger partial charge on any atom is 0.192 e. The highest BCUT2D eigenvalue weighted by Gasteiger charge is 2.15. The minimum absolute atomic E-state index is 0.701. The standard InChI is InChI=1S/C20H21N3S/c1-4-13-23-19(18-12-8-6-10-16(18)3)21-22-20(23)24-14-17-11-7-5-9-15(17)2/h4-12H,1,13-14H2,2-3H3. The lowest BCUT2D eigenvalue weighted by molar-refractivity contribution is 0.731. The van der Waals surface area contributed by atoms with Crippen molar-refractivity contribution in [3.05, 3.63) is 77.9 Å². The molecular weight excluding hydrogens is 314 g/mol. The number of allylic oxidation sites excluding steroid dienone is 1. The van der Waals surface area contributed by atoms with E-state index in [9.17, 15) is 0 Å². The average Bonchev–Trinajstić information content (AvgIpc) is 2.98. The summed E-state index contributed by atoms with van der Waals surface area (Å²) in [4.78, 5) is 0. The summed E-state index contributed by atoms with van der Waals surface area (Å²) in [5.41, 5.74) is 4.95. The molecule has 1 heterocycles. The summed E-state index contributed by atoms with van der Waals surface area (Å²) in [5.74, 6) is 1.79. The molecule has 0 radical (unpaired) electrons. The zero-order chi connectivity index (χ0) is 16.9. The average molecular weight is 335 g/mol. The first-order valence-corrected chi connectivity index (χ1v) is 8.96. The fraction of sp³-hybridized carbons (Fsp3) is 0.200. The van der Waals surface area contributed by atoms with Crippen molar-refractivity contribution in [2.75, 3.05) is 0 Å². The summed E-state index contributed by atoms with van der Waals surface area (Å²) >= 11 is 1.72. The predicted octanol–water partition coefficient (Wildman–Crippen LogP) is 5.04. The van der Waals surface area contributed by atoms with Crippen LogP contribution < -0.4 is 0 Å². The van der Waals surface area contributed by atoms with E-state index >= 15 is 0 Å². The smallest absolute Gasteiger partial charge is 0.192 e. The Bertz CT molecular complexity index is 852. The topological polar surface area (TPSA) is 30.7 Å². The van der Waals surface area contributed by atoms with Crippen LogP contribution in [0.2, 0.25) is 0 Å². The molecule has 0 N–H and O–H groups in total. The highest BCUT2D eigenvalue weighted by molar-refractivity contribution is 7.98. The largest absolute Gasteiger partial charge is 0.298 e. The van der Waals surface area contributed by atoms with Crippen molar-refractivity contribution in [3.63, 3.8) is 0 Å². The number of nitrogens with zero attached hydrogens (tertiary/aromatic N) is 3. The van der Waals surface area contributed by atoms with Crippen LogP contribution in [-0.2, 0) is 12.3 Å². The van der Waals surface area contributed by atoms with Gasteiger partial charge in [0.1, 0.15) is 0 Å². The lowest BCUT2D eigenvalue weighted by atomic mass is 10.1. The summed E-state index contributed by atoms with van der Waals surface area (Å²) in [6.07, 6.45) is 1.89. The summed E-state index contributed by atoms with van der Waals surface area (Å²) in [6.45, 7) is 8.82. The number of aryl methyl sites for hydroxylation is 2. The summed E-state index contributed by atoms with van der Waals surface area (Å²) < 4.78 is 2.14. The van der Waals surface area contributed by atoms with E-state index in [1.807, 2.05) is 18.2 Å². The molecule has 1 aromatic heterocycles. The first-order valence-electron chi connectivity index (χ1n) is 7.98. The van der Waals surface area contributed by atoms with E-state index in [0.29, 0.717) is 6.54 Å². The lowest BCUT2D eigenvalue weighted by Crippen LogP contribution is -2.01. The quantitative estimate of drug-likeness (QED) is 0.467. The van der Waals surface area contributed by atoms with E-state index < -0.39 is 0 Å². The highest BCUT2D eigenvalue weighted by atomic mass is 32.2. The molecule has 24 heavy (non-hydrogen) atoms. The van der Waals surface area contributed by atoms with Gasteiger partial charge in [-0.2, -0.15) is 0 Å². The Morgan fingerprint density at radius 3 is 2.42 bits per heavy atom. The van der Waals surface area contributed by atoms with Gasteiger partial charge in [-0.3, -0.25) is 4.57 Å². The molecule has 0 saturated carbocycles. The molecule has 0 aliphatic heterocycles. The SMILES string of the molecule is C=CCn1c(SCc2ccccc2C)nnc1-c1ccccc1C. The van der Waals surface area contributed by atoms with E-state index in [1.54, 1.807) is 11.8 Å². The maximum atomic E-state index is 4.44. The van der Waals surface area contributed by atoms with Crippen molar-refractivity contribution in [1.29, 1.82) is 0 Å². The molecule has 0 atom stereocenters. The van der Waals surface area contributed by atoms with E-state index in [4.69, 9.17) is 0 Å². The van der Waals surface area contributed by atoms with Gasteiger partial charge < -0.3 is 0 Å². The summed E-state index contributed by atoms with van der Waals surface area (Å²) in [6, 6.07) is 16.7. The molecule has 3 aromatic rings. The van der Waals surface area contributed by atoms with Crippen LogP contribution in [0.1, 0.15) is 16.7 Å². The normalized spacial score (nSPS) is 10.8. The van der Waals surface area contributed by atoms with Gasteiger partial charge in [-0.05, 0) is 30.5 Å². The Hall–Kier alpha value is -2.33. The zero-order valence-electron chi connectivity index (χ0n) is 14.1. The van der Waals surface area contributed by atoms with Gasteiger partial charge in [0.05, 0.1) is 0 Å². The Labute approximate surface area is 147 Å². The Morgan fingerprint density at radius 2 is 1.71 bits per heavy atom. The second-order valence-corrected chi connectivity index (χ2v) is 6.68. The molecule has 0 spiro atoms. The van der Waals surface area contributed by atoms with Gasteiger partial charge >= 0.3 is 0 Å². The monoisotopic (exact) mass is 335 g/mol. The molecule has 0 saturated heterocycles. The van der Waals surface area contributed by atoms with Gasteiger partial charge in [-0.15, -0.1) is 16.8 Å². The number of rotatable bonds is 6. The first kappa shape index (κ1) is 16.5. The maximum absolute atomic E-state index is 4.44. The van der Waals surface area contributed by atoms with Crippen LogP contribution >= 0.6 is 11.8 Å². The second kappa shape index (κ2) is 7.49. The second-order valence-electron chi connectivity index (χ2n) is 5.74. The van der Waals surface area contributed by atoms with Gasteiger partial charge in [0.2, 0.25) is 0 Å². The highest BCUT2D eigenvalue weighted by Crippen LogP contribution is 2.28. The van der Waals surface area contributed by atoms with Crippen molar-refractivity contribution in [2.45, 2.75) is 31.3 Å². The van der Waals surface area contributed by atoms with Crippen molar-refractivity contribution >= 4 is 11.8 Å². The van der Waals surface area contributed by atoms with Crippen LogP contribution in [0.4, 0.5) is 0 Å². The molecule has 0 bridgehead atoms. The molecule has 0 amide bonds. The summed E-state index contributed by atoms with van der Waals surface area (Å²) in [5, 5.41) is 9.80. The van der Waals surface area contributed by atoms with E-state index in [2.05, 4.69) is 71.6 Å². The number of aromatic nitrogens is 3. The first-order chi connectivity index (χ1) is 11.7. The van der Waals surface area contributed by atoms with E-state index in [1.165, 1.54) is 16.7 Å². The lowest BCUT2D eigenvalue weighted by Gasteiger charge is -2.10. The van der Waals surface area contributed by atoms with Gasteiger partial charge in [-0.25, -0.2) is 0 Å². The van der Waals surface area contributed by atoms with Crippen LogP contribution in [0.3, 0.4) is 0 Å². The van der Waals surface area contributed by atoms with Crippen molar-refractivity contribution in [3.8, 4) is 11.4 Å². The Balaban J connectivity index is 1.90. The van der Waals surface area contributed by atoms with Crippen LogP contribution in [0, 0.1) is 13.8 Å². The number of thioether (sulfide) groups is 1. The minimum Gasteiger partial charge on any atom is -0.298 e. The van der Waals surface area contributed by atoms with Crippen LogP contribution in [-0.4, -0.2) is 14.8 Å². The molecule has 0 unspecified atom stereocenters.